The third-order valence-electron chi connectivity index (χ3n) is 4.41. The lowest BCUT2D eigenvalue weighted by Gasteiger charge is -2.34. The highest BCUT2D eigenvalue weighted by molar-refractivity contribution is 7.89. The average molecular weight is 423 g/mol. The molecule has 1 amide bonds. The number of pyridine rings is 1. The van der Waals surface area contributed by atoms with Crippen molar-refractivity contribution >= 4 is 27.6 Å². The smallest absolute Gasteiger partial charge is 0.358 e. The number of aromatic nitrogens is 3. The first-order chi connectivity index (χ1) is 13.8. The Balaban J connectivity index is 1.43. The van der Waals surface area contributed by atoms with Gasteiger partial charge in [0.15, 0.2) is 0 Å². The number of carbonyl (C=O) groups is 1. The van der Waals surface area contributed by atoms with Crippen LogP contribution in [0.5, 0.6) is 0 Å². The second-order valence-electron chi connectivity index (χ2n) is 6.37. The van der Waals surface area contributed by atoms with E-state index in [1.54, 1.807) is 6.20 Å². The third kappa shape index (κ3) is 5.48. The molecule has 1 aliphatic heterocycles. The Morgan fingerprint density at radius 2 is 1.97 bits per heavy atom. The predicted octanol–water partition coefficient (Wildman–Crippen LogP) is -0.545. The minimum absolute atomic E-state index is 0.0506. The van der Waals surface area contributed by atoms with Crippen molar-refractivity contribution < 1.29 is 18.1 Å². The van der Waals surface area contributed by atoms with E-state index < -0.39 is 20.9 Å². The van der Waals surface area contributed by atoms with Crippen molar-refractivity contribution in [3.8, 4) is 0 Å². The van der Waals surface area contributed by atoms with E-state index >= 15 is 0 Å². The van der Waals surface area contributed by atoms with Crippen LogP contribution in [-0.2, 0) is 21.4 Å². The molecule has 2 aromatic rings. The monoisotopic (exact) mass is 423 g/mol. The molecule has 0 saturated carbocycles. The van der Waals surface area contributed by atoms with E-state index in [4.69, 9.17) is 0 Å². The van der Waals surface area contributed by atoms with E-state index in [-0.39, 0.29) is 24.7 Å². The number of carbonyl (C=O) groups excluding carboxylic acids is 1. The van der Waals surface area contributed by atoms with Crippen molar-refractivity contribution in [3.63, 3.8) is 0 Å². The van der Waals surface area contributed by atoms with Gasteiger partial charge in [0, 0.05) is 38.9 Å². The topological polar surface area (TPSA) is 144 Å². The standard InChI is InChI=1S/C16H21N7O5S/c24-16(13-21-7-4-15(19-21)23(25)26)18-6-12-29(27,28)22-10-8-20(9-11-22)14-3-1-2-5-17-14/h1-5,7H,6,8-13H2,(H,18,24). The van der Waals surface area contributed by atoms with Gasteiger partial charge in [0.2, 0.25) is 15.9 Å². The quantitative estimate of drug-likeness (QED) is 0.440. The summed E-state index contributed by atoms with van der Waals surface area (Å²) in [6.45, 7) is 1.51. The highest BCUT2D eigenvalue weighted by atomic mass is 32.2. The molecule has 1 aliphatic rings. The lowest BCUT2D eigenvalue weighted by molar-refractivity contribution is -0.389. The summed E-state index contributed by atoms with van der Waals surface area (Å²) in [4.78, 5) is 28.1. The van der Waals surface area contributed by atoms with Crippen LogP contribution in [0.2, 0.25) is 0 Å². The zero-order valence-electron chi connectivity index (χ0n) is 15.5. The average Bonchev–Trinajstić information content (AvgIpc) is 3.17. The lowest BCUT2D eigenvalue weighted by Crippen LogP contribution is -2.50. The van der Waals surface area contributed by atoms with Crippen molar-refractivity contribution in [1.29, 1.82) is 0 Å². The lowest BCUT2D eigenvalue weighted by atomic mass is 10.3. The Bertz CT molecular complexity index is 955. The summed E-state index contributed by atoms with van der Waals surface area (Å²) in [5, 5.41) is 16.7. The van der Waals surface area contributed by atoms with Gasteiger partial charge in [0.1, 0.15) is 12.4 Å². The molecule has 0 unspecified atom stereocenters. The second-order valence-corrected chi connectivity index (χ2v) is 8.46. The minimum Gasteiger partial charge on any atom is -0.358 e. The Labute approximate surface area is 167 Å². The van der Waals surface area contributed by atoms with E-state index in [1.807, 2.05) is 23.1 Å². The van der Waals surface area contributed by atoms with Crippen LogP contribution in [0.25, 0.3) is 0 Å². The Kier molecular flexibility index (Phi) is 6.39. The fourth-order valence-corrected chi connectivity index (χ4v) is 4.26. The van der Waals surface area contributed by atoms with Crippen LogP contribution in [0.4, 0.5) is 11.6 Å². The number of amides is 1. The number of hydrogen-bond donors (Lipinski definition) is 1. The summed E-state index contributed by atoms with van der Waals surface area (Å²) in [5.41, 5.74) is 0. The Hall–Kier alpha value is -3.06. The number of nitrogens with zero attached hydrogens (tertiary/aromatic N) is 6. The number of hydrogen-bond acceptors (Lipinski definition) is 8. The number of nitrogens with one attached hydrogen (secondary N) is 1. The molecule has 0 aliphatic carbocycles. The van der Waals surface area contributed by atoms with Crippen molar-refractivity contribution in [2.75, 3.05) is 43.4 Å². The summed E-state index contributed by atoms with van der Waals surface area (Å²) < 4.78 is 27.5. The number of anilines is 1. The van der Waals surface area contributed by atoms with Gasteiger partial charge < -0.3 is 20.3 Å². The maximum absolute atomic E-state index is 12.5. The number of sulfonamides is 1. The normalized spacial score (nSPS) is 15.2. The van der Waals surface area contributed by atoms with Crippen molar-refractivity contribution in [3.05, 3.63) is 46.8 Å². The highest BCUT2D eigenvalue weighted by Gasteiger charge is 2.27. The molecule has 0 spiro atoms. The number of rotatable bonds is 8. The van der Waals surface area contributed by atoms with E-state index in [0.717, 1.165) is 10.5 Å². The molecule has 3 rings (SSSR count). The fourth-order valence-electron chi connectivity index (χ4n) is 2.92. The van der Waals surface area contributed by atoms with Crippen LogP contribution < -0.4 is 10.2 Å². The summed E-state index contributed by atoms with van der Waals surface area (Å²) in [6.07, 6.45) is 3.01. The number of nitro groups is 1. The van der Waals surface area contributed by atoms with Gasteiger partial charge in [-0.05, 0) is 17.1 Å². The summed E-state index contributed by atoms with van der Waals surface area (Å²) in [7, 11) is -3.50. The van der Waals surface area contributed by atoms with Gasteiger partial charge >= 0.3 is 5.82 Å². The van der Waals surface area contributed by atoms with Crippen molar-refractivity contribution in [2.24, 2.45) is 0 Å². The summed E-state index contributed by atoms with van der Waals surface area (Å²) in [6, 6.07) is 6.78. The molecular formula is C16H21N7O5S. The molecule has 0 radical (unpaired) electrons. The third-order valence-corrected chi connectivity index (χ3v) is 6.28. The zero-order valence-corrected chi connectivity index (χ0v) is 16.4. The maximum atomic E-state index is 12.5. The molecule has 13 heteroatoms. The molecule has 1 N–H and O–H groups in total. The van der Waals surface area contributed by atoms with E-state index in [2.05, 4.69) is 15.4 Å². The van der Waals surface area contributed by atoms with Crippen LogP contribution in [0, 0.1) is 10.1 Å². The van der Waals surface area contributed by atoms with Crippen molar-refractivity contribution in [2.45, 2.75) is 6.54 Å². The molecule has 29 heavy (non-hydrogen) atoms. The van der Waals surface area contributed by atoms with Gasteiger partial charge in [-0.3, -0.25) is 4.79 Å². The van der Waals surface area contributed by atoms with Crippen LogP contribution in [-0.4, -0.2) is 76.8 Å². The van der Waals surface area contributed by atoms with Crippen LogP contribution in [0.15, 0.2) is 36.7 Å². The van der Waals surface area contributed by atoms with Crippen LogP contribution in [0.1, 0.15) is 0 Å². The van der Waals surface area contributed by atoms with E-state index in [9.17, 15) is 23.3 Å². The molecule has 1 saturated heterocycles. The molecular weight excluding hydrogens is 402 g/mol. The predicted molar refractivity (Wildman–Crippen MR) is 104 cm³/mol. The van der Waals surface area contributed by atoms with Crippen LogP contribution in [0.3, 0.4) is 0 Å². The van der Waals surface area contributed by atoms with E-state index in [0.29, 0.717) is 26.2 Å². The molecule has 2 aromatic heterocycles. The van der Waals surface area contributed by atoms with Gasteiger partial charge in [-0.2, -0.15) is 8.99 Å². The second kappa shape index (κ2) is 8.96. The highest BCUT2D eigenvalue weighted by Crippen LogP contribution is 2.14. The molecule has 156 valence electrons. The first-order valence-corrected chi connectivity index (χ1v) is 10.5. The van der Waals surface area contributed by atoms with Gasteiger partial charge in [-0.25, -0.2) is 13.4 Å². The molecule has 12 nitrogen and oxygen atoms in total. The molecule has 1 fully saturated rings. The molecule has 3 heterocycles. The molecule has 0 bridgehead atoms. The van der Waals surface area contributed by atoms with Gasteiger partial charge in [0.05, 0.1) is 23.1 Å². The fraction of sp³-hybridized carbons (Fsp3) is 0.438. The maximum Gasteiger partial charge on any atom is 0.389 e. The largest absolute Gasteiger partial charge is 0.389 e. The van der Waals surface area contributed by atoms with Gasteiger partial charge in [0.25, 0.3) is 0 Å². The number of piperazine rings is 1. The Morgan fingerprint density at radius 3 is 2.59 bits per heavy atom. The summed E-state index contributed by atoms with van der Waals surface area (Å²) in [5.74, 6) is -0.235. The summed E-state index contributed by atoms with van der Waals surface area (Å²) >= 11 is 0. The first-order valence-electron chi connectivity index (χ1n) is 8.93. The molecule has 0 aromatic carbocycles. The Morgan fingerprint density at radius 1 is 1.21 bits per heavy atom. The van der Waals surface area contributed by atoms with Gasteiger partial charge in [-0.1, -0.05) is 6.07 Å². The first kappa shape index (κ1) is 20.7. The van der Waals surface area contributed by atoms with E-state index in [1.165, 1.54) is 16.6 Å². The van der Waals surface area contributed by atoms with Gasteiger partial charge in [-0.15, -0.1) is 0 Å². The van der Waals surface area contributed by atoms with Crippen molar-refractivity contribution in [1.82, 2.24) is 24.4 Å². The SMILES string of the molecule is O=C(Cn1ccc([N+](=O)[O-])n1)NCCS(=O)(=O)N1CCN(c2ccccn2)CC1. The molecule has 0 atom stereocenters. The zero-order chi connectivity index (χ0) is 20.9. The minimum atomic E-state index is -3.50. The van der Waals surface area contributed by atoms with Crippen LogP contribution >= 0.6 is 0 Å².